The van der Waals surface area contributed by atoms with E-state index in [0.717, 1.165) is 5.56 Å². The van der Waals surface area contributed by atoms with E-state index in [1.807, 2.05) is 13.0 Å². The number of rotatable bonds is 1. The number of H-pyrrole nitrogens is 1. The van der Waals surface area contributed by atoms with Crippen LogP contribution in [0.3, 0.4) is 0 Å². The molecule has 1 rings (SSSR count). The molecule has 0 bridgehead atoms. The maximum absolute atomic E-state index is 5.70. The Kier molecular flexibility index (Phi) is 1.78. The third-order valence-electron chi connectivity index (χ3n) is 1.22. The van der Waals surface area contributed by atoms with Gasteiger partial charge in [0, 0.05) is 17.8 Å². The van der Waals surface area contributed by atoms with Gasteiger partial charge in [-0.25, -0.2) is 0 Å². The van der Waals surface area contributed by atoms with Crippen molar-refractivity contribution in [2.75, 3.05) is 0 Å². The molecule has 1 aromatic rings. The van der Waals surface area contributed by atoms with Gasteiger partial charge in [0.25, 0.3) is 0 Å². The summed E-state index contributed by atoms with van der Waals surface area (Å²) in [6.07, 6.45) is 1.78. The standard InChI is InChI=1S/C6H9ClN2/c1-4(8)5-2-3-9-6(5)7/h2-4,9H,8H2,1H3/t4-/m0/s1. The summed E-state index contributed by atoms with van der Waals surface area (Å²) in [6.45, 7) is 1.90. The molecule has 0 aliphatic carbocycles. The van der Waals surface area contributed by atoms with Crippen molar-refractivity contribution in [2.24, 2.45) is 5.73 Å². The Morgan fingerprint density at radius 3 is 2.67 bits per heavy atom. The summed E-state index contributed by atoms with van der Waals surface area (Å²) in [6, 6.07) is 1.90. The Morgan fingerprint density at radius 1 is 1.78 bits per heavy atom. The highest BCUT2D eigenvalue weighted by molar-refractivity contribution is 6.30. The molecule has 0 saturated carbocycles. The fourth-order valence-corrected chi connectivity index (χ4v) is 1.01. The van der Waals surface area contributed by atoms with Gasteiger partial charge in [0.2, 0.25) is 0 Å². The Morgan fingerprint density at radius 2 is 2.44 bits per heavy atom. The third-order valence-corrected chi connectivity index (χ3v) is 1.54. The molecular weight excluding hydrogens is 136 g/mol. The largest absolute Gasteiger partial charge is 0.352 e. The number of aromatic amines is 1. The second kappa shape index (κ2) is 2.42. The number of hydrogen-bond donors (Lipinski definition) is 2. The van der Waals surface area contributed by atoms with Crippen LogP contribution in [0.25, 0.3) is 0 Å². The van der Waals surface area contributed by atoms with Gasteiger partial charge in [0.05, 0.1) is 0 Å². The lowest BCUT2D eigenvalue weighted by molar-refractivity contribution is 0.820. The molecule has 0 spiro atoms. The van der Waals surface area contributed by atoms with Crippen molar-refractivity contribution in [1.29, 1.82) is 0 Å². The average Bonchev–Trinajstić information content (AvgIpc) is 2.13. The van der Waals surface area contributed by atoms with Crippen molar-refractivity contribution in [3.63, 3.8) is 0 Å². The van der Waals surface area contributed by atoms with Crippen LogP contribution in [0.4, 0.5) is 0 Å². The molecule has 0 unspecified atom stereocenters. The smallest absolute Gasteiger partial charge is 0.111 e. The molecule has 0 fully saturated rings. The van der Waals surface area contributed by atoms with E-state index in [1.54, 1.807) is 6.20 Å². The summed E-state index contributed by atoms with van der Waals surface area (Å²) in [4.78, 5) is 2.84. The quantitative estimate of drug-likeness (QED) is 0.619. The number of hydrogen-bond acceptors (Lipinski definition) is 1. The maximum atomic E-state index is 5.70. The highest BCUT2D eigenvalue weighted by Crippen LogP contribution is 2.18. The normalized spacial score (nSPS) is 13.7. The van der Waals surface area contributed by atoms with E-state index in [4.69, 9.17) is 17.3 Å². The molecular formula is C6H9ClN2. The van der Waals surface area contributed by atoms with Crippen LogP contribution < -0.4 is 5.73 Å². The minimum Gasteiger partial charge on any atom is -0.352 e. The Bertz CT molecular complexity index is 193. The topological polar surface area (TPSA) is 41.8 Å². The lowest BCUT2D eigenvalue weighted by Crippen LogP contribution is -2.03. The SMILES string of the molecule is C[C@H](N)c1cc[nH]c1Cl. The molecule has 0 amide bonds. The first-order valence-electron chi connectivity index (χ1n) is 2.80. The molecule has 1 aromatic heterocycles. The lowest BCUT2D eigenvalue weighted by Gasteiger charge is -1.99. The number of nitrogens with two attached hydrogens (primary N) is 1. The monoisotopic (exact) mass is 144 g/mol. The van der Waals surface area contributed by atoms with Crippen LogP contribution in [0.15, 0.2) is 12.3 Å². The first-order valence-corrected chi connectivity index (χ1v) is 3.18. The van der Waals surface area contributed by atoms with Gasteiger partial charge in [-0.3, -0.25) is 0 Å². The van der Waals surface area contributed by atoms with Gasteiger partial charge in [-0.2, -0.15) is 0 Å². The maximum Gasteiger partial charge on any atom is 0.111 e. The van der Waals surface area contributed by atoms with Crippen molar-refractivity contribution in [3.8, 4) is 0 Å². The van der Waals surface area contributed by atoms with Crippen LogP contribution in [-0.4, -0.2) is 4.98 Å². The van der Waals surface area contributed by atoms with Crippen LogP contribution >= 0.6 is 11.6 Å². The third kappa shape index (κ3) is 1.26. The van der Waals surface area contributed by atoms with Gasteiger partial charge in [-0.15, -0.1) is 0 Å². The molecule has 3 N–H and O–H groups in total. The van der Waals surface area contributed by atoms with Crippen molar-refractivity contribution in [2.45, 2.75) is 13.0 Å². The van der Waals surface area contributed by atoms with Gasteiger partial charge < -0.3 is 10.7 Å². The average molecular weight is 145 g/mol. The summed E-state index contributed by atoms with van der Waals surface area (Å²) in [5.74, 6) is 0. The van der Waals surface area contributed by atoms with Gasteiger partial charge in [-0.1, -0.05) is 11.6 Å². The second-order valence-electron chi connectivity index (χ2n) is 2.04. The Hall–Kier alpha value is -0.470. The molecule has 1 atom stereocenters. The zero-order chi connectivity index (χ0) is 6.85. The van der Waals surface area contributed by atoms with Crippen molar-refractivity contribution >= 4 is 11.6 Å². The van der Waals surface area contributed by atoms with Crippen LogP contribution in [0.2, 0.25) is 5.15 Å². The number of aromatic nitrogens is 1. The predicted molar refractivity (Wildman–Crippen MR) is 38.4 cm³/mol. The predicted octanol–water partition coefficient (Wildman–Crippen LogP) is 1.69. The highest BCUT2D eigenvalue weighted by Gasteiger charge is 2.03. The molecule has 0 aliphatic rings. The minimum absolute atomic E-state index is 0.0174. The van der Waals surface area contributed by atoms with E-state index in [-0.39, 0.29) is 6.04 Å². The van der Waals surface area contributed by atoms with E-state index in [2.05, 4.69) is 4.98 Å². The molecule has 2 nitrogen and oxygen atoms in total. The molecule has 0 aromatic carbocycles. The fraction of sp³-hybridized carbons (Fsp3) is 0.333. The van der Waals surface area contributed by atoms with Gasteiger partial charge >= 0.3 is 0 Å². The summed E-state index contributed by atoms with van der Waals surface area (Å²) in [7, 11) is 0. The number of halogens is 1. The minimum atomic E-state index is 0.0174. The summed E-state index contributed by atoms with van der Waals surface area (Å²) in [5, 5.41) is 0.644. The molecule has 3 heteroatoms. The first-order chi connectivity index (χ1) is 4.22. The molecule has 1 heterocycles. The zero-order valence-corrected chi connectivity index (χ0v) is 5.94. The van der Waals surface area contributed by atoms with Crippen LogP contribution in [0, 0.1) is 0 Å². The molecule has 50 valence electrons. The molecule has 0 aliphatic heterocycles. The molecule has 0 saturated heterocycles. The zero-order valence-electron chi connectivity index (χ0n) is 5.19. The second-order valence-corrected chi connectivity index (χ2v) is 2.41. The van der Waals surface area contributed by atoms with E-state index >= 15 is 0 Å². The van der Waals surface area contributed by atoms with Gasteiger partial charge in [0.15, 0.2) is 0 Å². The fourth-order valence-electron chi connectivity index (χ4n) is 0.713. The van der Waals surface area contributed by atoms with E-state index < -0.39 is 0 Å². The van der Waals surface area contributed by atoms with Crippen LogP contribution in [0.5, 0.6) is 0 Å². The summed E-state index contributed by atoms with van der Waals surface area (Å²) in [5.41, 5.74) is 6.52. The summed E-state index contributed by atoms with van der Waals surface area (Å²) >= 11 is 5.70. The van der Waals surface area contributed by atoms with Crippen LogP contribution in [-0.2, 0) is 0 Å². The van der Waals surface area contributed by atoms with E-state index in [9.17, 15) is 0 Å². The van der Waals surface area contributed by atoms with Crippen molar-refractivity contribution < 1.29 is 0 Å². The summed E-state index contributed by atoms with van der Waals surface area (Å²) < 4.78 is 0. The molecule has 9 heavy (non-hydrogen) atoms. The van der Waals surface area contributed by atoms with Crippen LogP contribution in [0.1, 0.15) is 18.5 Å². The first kappa shape index (κ1) is 6.65. The van der Waals surface area contributed by atoms with E-state index in [0.29, 0.717) is 5.15 Å². The number of nitrogens with one attached hydrogen (secondary N) is 1. The van der Waals surface area contributed by atoms with Gasteiger partial charge in [-0.05, 0) is 13.0 Å². The Labute approximate surface area is 59.0 Å². The van der Waals surface area contributed by atoms with Crippen molar-refractivity contribution in [1.82, 2.24) is 4.98 Å². The lowest BCUT2D eigenvalue weighted by atomic mass is 10.2. The van der Waals surface area contributed by atoms with Crippen molar-refractivity contribution in [3.05, 3.63) is 23.0 Å². The highest BCUT2D eigenvalue weighted by atomic mass is 35.5. The van der Waals surface area contributed by atoms with E-state index in [1.165, 1.54) is 0 Å². The molecule has 0 radical (unpaired) electrons. The Balaban J connectivity index is 2.94. The van der Waals surface area contributed by atoms with Gasteiger partial charge in [0.1, 0.15) is 5.15 Å².